The molecule has 0 amide bonds. The number of hydrogen-bond acceptors (Lipinski definition) is 7. The van der Waals surface area contributed by atoms with Gasteiger partial charge >= 0.3 is 0 Å². The number of nitrogens with zero attached hydrogens (tertiary/aromatic N) is 5. The third kappa shape index (κ3) is 4.15. The first kappa shape index (κ1) is 17.2. The van der Waals surface area contributed by atoms with Gasteiger partial charge in [0.15, 0.2) is 11.6 Å². The van der Waals surface area contributed by atoms with Gasteiger partial charge in [-0.25, -0.2) is 9.97 Å². The summed E-state index contributed by atoms with van der Waals surface area (Å²) in [4.78, 5) is 17.5. The van der Waals surface area contributed by atoms with E-state index >= 15 is 0 Å². The maximum absolute atomic E-state index is 6.36. The Labute approximate surface area is 158 Å². The summed E-state index contributed by atoms with van der Waals surface area (Å²) in [5.74, 6) is 1.40. The summed E-state index contributed by atoms with van der Waals surface area (Å²) in [7, 11) is 0. The fourth-order valence-corrected chi connectivity index (χ4v) is 3.27. The molecule has 0 aliphatic carbocycles. The van der Waals surface area contributed by atoms with Gasteiger partial charge in [-0.05, 0) is 17.7 Å². The molecule has 0 spiro atoms. The first-order valence-electron chi connectivity index (χ1n) is 9.08. The predicted octanol–water partition coefficient (Wildman–Crippen LogP) is 2.52. The first-order chi connectivity index (χ1) is 13.3. The molecule has 2 aromatic heterocycles. The van der Waals surface area contributed by atoms with E-state index in [0.717, 1.165) is 44.2 Å². The zero-order chi connectivity index (χ0) is 18.5. The summed E-state index contributed by atoms with van der Waals surface area (Å²) in [6.45, 7) is 4.70. The van der Waals surface area contributed by atoms with E-state index in [2.05, 4.69) is 60.4 Å². The fraction of sp³-hybridized carbons (Fsp3) is 0.250. The minimum atomic E-state index is 0.567. The molecule has 0 saturated carbocycles. The van der Waals surface area contributed by atoms with Crippen molar-refractivity contribution in [3.8, 4) is 0 Å². The lowest BCUT2D eigenvalue weighted by Gasteiger charge is -2.36. The number of anilines is 4. The van der Waals surface area contributed by atoms with E-state index in [0.29, 0.717) is 11.5 Å². The smallest absolute Gasteiger partial charge is 0.159 e. The molecule has 3 N–H and O–H groups in total. The van der Waals surface area contributed by atoms with Crippen LogP contribution in [-0.4, -0.2) is 46.0 Å². The van der Waals surface area contributed by atoms with Crippen molar-refractivity contribution < 1.29 is 0 Å². The van der Waals surface area contributed by atoms with Gasteiger partial charge < -0.3 is 16.0 Å². The van der Waals surface area contributed by atoms with Crippen LogP contribution in [0.4, 0.5) is 23.0 Å². The van der Waals surface area contributed by atoms with Gasteiger partial charge in [-0.2, -0.15) is 0 Å². The van der Waals surface area contributed by atoms with Gasteiger partial charge in [-0.15, -0.1) is 0 Å². The van der Waals surface area contributed by atoms with Gasteiger partial charge in [0.05, 0.1) is 11.9 Å². The van der Waals surface area contributed by atoms with Crippen LogP contribution in [0.3, 0.4) is 0 Å². The summed E-state index contributed by atoms with van der Waals surface area (Å²) < 4.78 is 0. The predicted molar refractivity (Wildman–Crippen MR) is 108 cm³/mol. The average Bonchev–Trinajstić information content (AvgIpc) is 2.72. The Hall–Kier alpha value is -3.19. The maximum Gasteiger partial charge on any atom is 0.159 e. The molecule has 0 atom stereocenters. The Morgan fingerprint density at radius 2 is 1.78 bits per heavy atom. The summed E-state index contributed by atoms with van der Waals surface area (Å²) in [6.07, 6.45) is 5.03. The Kier molecular flexibility index (Phi) is 5.11. The Bertz CT molecular complexity index is 862. The normalized spacial score (nSPS) is 14.9. The van der Waals surface area contributed by atoms with E-state index in [-0.39, 0.29) is 0 Å². The van der Waals surface area contributed by atoms with E-state index in [1.807, 2.05) is 12.1 Å². The number of nitrogen functional groups attached to an aromatic ring is 1. The monoisotopic (exact) mass is 361 g/mol. The third-order valence-electron chi connectivity index (χ3n) is 4.71. The molecule has 0 radical (unpaired) electrons. The number of rotatable bonds is 5. The average molecular weight is 361 g/mol. The zero-order valence-corrected chi connectivity index (χ0v) is 15.1. The van der Waals surface area contributed by atoms with Crippen molar-refractivity contribution in [2.24, 2.45) is 0 Å². The number of benzene rings is 1. The van der Waals surface area contributed by atoms with Crippen LogP contribution in [0.25, 0.3) is 0 Å². The van der Waals surface area contributed by atoms with Crippen LogP contribution in [-0.2, 0) is 6.54 Å². The molecule has 138 valence electrons. The van der Waals surface area contributed by atoms with Gasteiger partial charge in [-0.3, -0.25) is 9.88 Å². The molecule has 1 aliphatic rings. The van der Waals surface area contributed by atoms with Crippen molar-refractivity contribution in [2.45, 2.75) is 6.54 Å². The largest absolute Gasteiger partial charge is 0.393 e. The van der Waals surface area contributed by atoms with Gasteiger partial charge in [-0.1, -0.05) is 30.3 Å². The van der Waals surface area contributed by atoms with Crippen LogP contribution >= 0.6 is 0 Å². The lowest BCUT2D eigenvalue weighted by Crippen LogP contribution is -2.46. The van der Waals surface area contributed by atoms with Crippen LogP contribution < -0.4 is 16.0 Å². The second-order valence-corrected chi connectivity index (χ2v) is 6.58. The summed E-state index contributed by atoms with van der Waals surface area (Å²) in [5.41, 5.74) is 9.12. The molecule has 1 aliphatic heterocycles. The molecular weight excluding hydrogens is 338 g/mol. The molecule has 3 aromatic rings. The summed E-state index contributed by atoms with van der Waals surface area (Å²) in [6, 6.07) is 14.4. The van der Waals surface area contributed by atoms with Crippen LogP contribution in [0.2, 0.25) is 0 Å². The van der Waals surface area contributed by atoms with Gasteiger partial charge in [0.25, 0.3) is 0 Å². The SMILES string of the molecule is Nc1c(Nc2cccnc2)ncnc1N1CCN(Cc2ccccc2)CC1. The van der Waals surface area contributed by atoms with Crippen LogP contribution in [0, 0.1) is 0 Å². The van der Waals surface area contributed by atoms with E-state index < -0.39 is 0 Å². The molecule has 1 fully saturated rings. The van der Waals surface area contributed by atoms with E-state index in [4.69, 9.17) is 5.73 Å². The highest BCUT2D eigenvalue weighted by Gasteiger charge is 2.21. The standard InChI is InChI=1S/C20H23N7/c21-18-19(25-17-7-4-8-22-13-17)23-15-24-20(18)27-11-9-26(10-12-27)14-16-5-2-1-3-6-16/h1-8,13,15H,9-12,14,21H2,(H,23,24,25). The van der Waals surface area contributed by atoms with Crippen LogP contribution in [0.1, 0.15) is 5.56 Å². The van der Waals surface area contributed by atoms with Crippen LogP contribution in [0.5, 0.6) is 0 Å². The fourth-order valence-electron chi connectivity index (χ4n) is 3.27. The van der Waals surface area contributed by atoms with Gasteiger partial charge in [0.1, 0.15) is 12.0 Å². The Balaban J connectivity index is 1.41. The van der Waals surface area contributed by atoms with Crippen molar-refractivity contribution in [2.75, 3.05) is 42.1 Å². The number of piperazine rings is 1. The van der Waals surface area contributed by atoms with Crippen molar-refractivity contribution in [3.63, 3.8) is 0 Å². The Morgan fingerprint density at radius 1 is 0.963 bits per heavy atom. The number of nitrogens with two attached hydrogens (primary N) is 1. The highest BCUT2D eigenvalue weighted by molar-refractivity contribution is 5.78. The van der Waals surface area contributed by atoms with Gasteiger partial charge in [0, 0.05) is 38.9 Å². The number of hydrogen-bond donors (Lipinski definition) is 2. The van der Waals surface area contributed by atoms with E-state index in [1.165, 1.54) is 5.56 Å². The van der Waals surface area contributed by atoms with Crippen molar-refractivity contribution >= 4 is 23.0 Å². The lowest BCUT2D eigenvalue weighted by molar-refractivity contribution is 0.249. The highest BCUT2D eigenvalue weighted by atomic mass is 15.3. The molecule has 0 bridgehead atoms. The molecule has 4 rings (SSSR count). The topological polar surface area (TPSA) is 83.2 Å². The molecule has 3 heterocycles. The van der Waals surface area contributed by atoms with Crippen molar-refractivity contribution in [1.82, 2.24) is 19.9 Å². The maximum atomic E-state index is 6.36. The van der Waals surface area contributed by atoms with Gasteiger partial charge in [0.2, 0.25) is 0 Å². The molecule has 1 saturated heterocycles. The lowest BCUT2D eigenvalue weighted by atomic mass is 10.2. The number of pyridine rings is 1. The molecule has 0 unspecified atom stereocenters. The summed E-state index contributed by atoms with van der Waals surface area (Å²) in [5, 5.41) is 3.22. The second kappa shape index (κ2) is 8.01. The molecule has 7 nitrogen and oxygen atoms in total. The van der Waals surface area contributed by atoms with E-state index in [9.17, 15) is 0 Å². The van der Waals surface area contributed by atoms with E-state index in [1.54, 1.807) is 18.7 Å². The van der Waals surface area contributed by atoms with Crippen LogP contribution in [0.15, 0.2) is 61.2 Å². The summed E-state index contributed by atoms with van der Waals surface area (Å²) >= 11 is 0. The second-order valence-electron chi connectivity index (χ2n) is 6.58. The molecular formula is C20H23N7. The highest BCUT2D eigenvalue weighted by Crippen LogP contribution is 2.29. The minimum Gasteiger partial charge on any atom is -0.393 e. The van der Waals surface area contributed by atoms with Crippen molar-refractivity contribution in [3.05, 3.63) is 66.7 Å². The number of aromatic nitrogens is 3. The zero-order valence-electron chi connectivity index (χ0n) is 15.1. The first-order valence-corrected chi connectivity index (χ1v) is 9.08. The minimum absolute atomic E-state index is 0.567. The van der Waals surface area contributed by atoms with Crippen molar-refractivity contribution in [1.29, 1.82) is 0 Å². The quantitative estimate of drug-likeness (QED) is 0.722. The number of nitrogens with one attached hydrogen (secondary N) is 1. The molecule has 7 heteroatoms. The molecule has 1 aromatic carbocycles. The Morgan fingerprint density at radius 3 is 2.52 bits per heavy atom. The third-order valence-corrected chi connectivity index (χ3v) is 4.71. The molecule has 27 heavy (non-hydrogen) atoms.